The third-order valence-corrected chi connectivity index (χ3v) is 9.67. The van der Waals surface area contributed by atoms with Gasteiger partial charge in [0, 0.05) is 39.4 Å². The molecule has 0 aliphatic heterocycles. The molecular weight excluding hydrogens is 765 g/mol. The number of rotatable bonds is 6. The number of benzene rings is 5. The summed E-state index contributed by atoms with van der Waals surface area (Å²) in [5, 5.41) is 3.51. The van der Waals surface area contributed by atoms with Crippen LogP contribution >= 0.6 is 0 Å². The minimum Gasteiger partial charge on any atom is -0.305 e. The van der Waals surface area contributed by atoms with Crippen LogP contribution in [0.4, 0.5) is 0 Å². The predicted molar refractivity (Wildman–Crippen MR) is 197 cm³/mol. The Labute approximate surface area is 301 Å². The molecular formula is C43H38IrN2Si-2. The van der Waals surface area contributed by atoms with E-state index in [2.05, 4.69) is 59.9 Å². The van der Waals surface area contributed by atoms with Gasteiger partial charge in [-0.3, -0.25) is 0 Å². The van der Waals surface area contributed by atoms with Crippen LogP contribution in [0, 0.1) is 19.0 Å². The van der Waals surface area contributed by atoms with Crippen LogP contribution in [0.2, 0.25) is 19.6 Å². The van der Waals surface area contributed by atoms with Crippen LogP contribution in [0.3, 0.4) is 0 Å². The Morgan fingerprint density at radius 1 is 0.660 bits per heavy atom. The largest absolute Gasteiger partial charge is 0.305 e. The second-order valence-electron chi connectivity index (χ2n) is 12.1. The molecule has 0 spiro atoms. The Kier molecular flexibility index (Phi) is 9.06. The second-order valence-corrected chi connectivity index (χ2v) is 17.2. The van der Waals surface area contributed by atoms with Crippen LogP contribution in [0.15, 0.2) is 146 Å². The van der Waals surface area contributed by atoms with Gasteiger partial charge in [-0.2, -0.15) is 0 Å². The normalized spacial score (nSPS) is 13.0. The van der Waals surface area contributed by atoms with Gasteiger partial charge in [-0.25, -0.2) is 0 Å². The van der Waals surface area contributed by atoms with E-state index in [0.29, 0.717) is 16.7 Å². The van der Waals surface area contributed by atoms with Crippen molar-refractivity contribution in [2.45, 2.75) is 32.9 Å². The third-order valence-electron chi connectivity index (χ3n) is 7.66. The van der Waals surface area contributed by atoms with Crippen molar-refractivity contribution in [3.05, 3.63) is 175 Å². The van der Waals surface area contributed by atoms with Crippen LogP contribution in [0.5, 0.6) is 0 Å². The van der Waals surface area contributed by atoms with E-state index in [-0.39, 0.29) is 20.1 Å². The summed E-state index contributed by atoms with van der Waals surface area (Å²) >= 11 is 0. The molecule has 0 aliphatic rings. The van der Waals surface area contributed by atoms with Gasteiger partial charge in [0.05, 0.1) is 8.07 Å². The first kappa shape index (κ1) is 27.6. The topological polar surface area (TPSA) is 25.8 Å². The molecule has 7 rings (SSSR count). The molecule has 0 unspecified atom stereocenters. The molecule has 235 valence electrons. The number of pyridine rings is 2. The second kappa shape index (κ2) is 15.4. The Balaban J connectivity index is 0.000000197. The SMILES string of the molecule is [2H]C([2H])([2H])c1c[c-]c(-c2cc(-c3ccccc3)c([Si](C)(C)C)cn2)cc1.[2H]C([2H])(c1ccccc1)c1cc[c-]c(-c2cc3ccccc3cn2)c1.[Ir]. The number of aromatic nitrogens is 2. The van der Waals surface area contributed by atoms with E-state index in [9.17, 15) is 0 Å². The van der Waals surface area contributed by atoms with Gasteiger partial charge in [0.2, 0.25) is 0 Å². The van der Waals surface area contributed by atoms with Gasteiger partial charge in [-0.1, -0.05) is 124 Å². The molecule has 47 heavy (non-hydrogen) atoms. The Bertz CT molecular complexity index is 2250. The van der Waals surface area contributed by atoms with Gasteiger partial charge >= 0.3 is 0 Å². The fraction of sp³-hybridized carbons (Fsp3) is 0.116. The predicted octanol–water partition coefficient (Wildman–Crippen LogP) is 10.4. The van der Waals surface area contributed by atoms with Gasteiger partial charge in [0.1, 0.15) is 0 Å². The van der Waals surface area contributed by atoms with E-state index in [1.54, 1.807) is 30.3 Å². The standard InChI is InChI=1S/C22H16N.C21H22NSi.Ir/c1-2-7-17(8-3-1)13-18-9-6-12-20(14-18)22-15-19-10-4-5-11-21(19)16-23-22;1-16-10-12-18(13-11-16)20-14-19(17-8-6-5-7-9-17)21(15-22-20)23(2,3)4;/h1-11,14-16H,13H2;5-12,14-15H,1-4H3;/q2*-1;/i13D2;1D3;. The Morgan fingerprint density at radius 2 is 1.34 bits per heavy atom. The van der Waals surface area contributed by atoms with E-state index >= 15 is 0 Å². The molecule has 1 radical (unpaired) electrons. The zero-order chi connectivity index (χ0) is 36.2. The van der Waals surface area contributed by atoms with E-state index in [1.807, 2.05) is 97.3 Å². The van der Waals surface area contributed by atoms with Gasteiger partial charge in [-0.05, 0) is 50.4 Å². The van der Waals surface area contributed by atoms with Gasteiger partial charge in [-0.15, -0.1) is 70.8 Å². The van der Waals surface area contributed by atoms with Crippen LogP contribution in [0.1, 0.15) is 23.5 Å². The molecule has 0 fully saturated rings. The summed E-state index contributed by atoms with van der Waals surface area (Å²) in [6, 6.07) is 48.3. The van der Waals surface area contributed by atoms with Crippen LogP contribution in [0.25, 0.3) is 44.4 Å². The molecule has 0 amide bonds. The summed E-state index contributed by atoms with van der Waals surface area (Å²) in [7, 11) is -1.57. The monoisotopic (exact) mass is 808 g/mol. The van der Waals surface area contributed by atoms with Crippen molar-refractivity contribution >= 4 is 24.0 Å². The summed E-state index contributed by atoms with van der Waals surface area (Å²) in [5.74, 6) is 0. The molecule has 7 aromatic rings. The van der Waals surface area contributed by atoms with Crippen LogP contribution in [-0.2, 0) is 26.5 Å². The minimum atomic E-state index is -2.11. The molecule has 0 N–H and O–H groups in total. The summed E-state index contributed by atoms with van der Waals surface area (Å²) in [4.78, 5) is 9.18. The molecule has 4 heteroatoms. The Morgan fingerprint density at radius 3 is 2.04 bits per heavy atom. The number of aryl methyl sites for hydroxylation is 1. The quantitative estimate of drug-likeness (QED) is 0.124. The van der Waals surface area contributed by atoms with Crippen molar-refractivity contribution in [3.8, 4) is 33.6 Å². The van der Waals surface area contributed by atoms with Crippen molar-refractivity contribution < 1.29 is 27.0 Å². The van der Waals surface area contributed by atoms with E-state index in [0.717, 1.165) is 33.3 Å². The first-order valence-corrected chi connectivity index (χ1v) is 18.8. The zero-order valence-electron chi connectivity index (χ0n) is 31.6. The summed E-state index contributed by atoms with van der Waals surface area (Å²) in [6.07, 6.45) is 2.26. The molecule has 0 aliphatic carbocycles. The van der Waals surface area contributed by atoms with Crippen molar-refractivity contribution in [1.29, 1.82) is 0 Å². The number of hydrogen-bond donors (Lipinski definition) is 0. The molecule has 2 nitrogen and oxygen atoms in total. The van der Waals surface area contributed by atoms with Crippen molar-refractivity contribution in [1.82, 2.24) is 9.97 Å². The van der Waals surface area contributed by atoms with Crippen molar-refractivity contribution in [2.75, 3.05) is 0 Å². The van der Waals surface area contributed by atoms with E-state index in [4.69, 9.17) is 6.85 Å². The number of fused-ring (bicyclic) bond motifs is 1. The summed E-state index contributed by atoms with van der Waals surface area (Å²) in [6.45, 7) is 4.83. The molecule has 0 atom stereocenters. The fourth-order valence-electron chi connectivity index (χ4n) is 5.25. The van der Waals surface area contributed by atoms with Crippen LogP contribution < -0.4 is 5.19 Å². The maximum atomic E-state index is 8.53. The molecule has 5 aromatic carbocycles. The average molecular weight is 808 g/mol. The molecule has 0 saturated heterocycles. The molecule has 2 heterocycles. The third kappa shape index (κ3) is 8.67. The maximum absolute atomic E-state index is 8.53. The van der Waals surface area contributed by atoms with Gasteiger partial charge in [0.25, 0.3) is 0 Å². The molecule has 0 bridgehead atoms. The van der Waals surface area contributed by atoms with Crippen LogP contribution in [-0.4, -0.2) is 18.0 Å². The number of hydrogen-bond acceptors (Lipinski definition) is 2. The van der Waals surface area contributed by atoms with Gasteiger partial charge < -0.3 is 9.97 Å². The van der Waals surface area contributed by atoms with Crippen molar-refractivity contribution in [2.24, 2.45) is 0 Å². The minimum absolute atomic E-state index is 0. The summed E-state index contributed by atoms with van der Waals surface area (Å²) in [5.41, 5.74) is 7.10. The molecule has 2 aromatic heterocycles. The zero-order valence-corrected chi connectivity index (χ0v) is 30.0. The first-order chi connectivity index (χ1) is 24.3. The smallest absolute Gasteiger partial charge is 0.0803 e. The van der Waals surface area contributed by atoms with Crippen molar-refractivity contribution in [3.63, 3.8) is 0 Å². The van der Waals surface area contributed by atoms with E-state index < -0.39 is 21.3 Å². The maximum Gasteiger partial charge on any atom is 0.0803 e. The van der Waals surface area contributed by atoms with Gasteiger partial charge in [0.15, 0.2) is 0 Å². The average Bonchev–Trinajstić information content (AvgIpc) is 3.15. The summed E-state index contributed by atoms with van der Waals surface area (Å²) < 4.78 is 39.5. The molecule has 0 saturated carbocycles. The fourth-order valence-corrected chi connectivity index (χ4v) is 6.73. The Hall–Kier alpha value is -4.47. The first-order valence-electron chi connectivity index (χ1n) is 17.8. The number of nitrogens with zero attached hydrogens (tertiary/aromatic N) is 2. The van der Waals surface area contributed by atoms with E-state index in [1.165, 1.54) is 16.3 Å².